The SMILES string of the molecule is Cc1ccc(O[C@@H](C)C(=O)NCc2ccc(OC(C)C)cc2)cc1C. The van der Waals surface area contributed by atoms with Gasteiger partial charge in [-0.25, -0.2) is 0 Å². The summed E-state index contributed by atoms with van der Waals surface area (Å²) in [6.45, 7) is 10.3. The van der Waals surface area contributed by atoms with Gasteiger partial charge < -0.3 is 14.8 Å². The van der Waals surface area contributed by atoms with Crippen LogP contribution in [0.2, 0.25) is 0 Å². The molecule has 0 radical (unpaired) electrons. The zero-order valence-corrected chi connectivity index (χ0v) is 15.6. The van der Waals surface area contributed by atoms with Crippen molar-refractivity contribution >= 4 is 5.91 Å². The topological polar surface area (TPSA) is 47.6 Å². The lowest BCUT2D eigenvalue weighted by atomic mass is 10.1. The average Bonchev–Trinajstić information content (AvgIpc) is 2.56. The zero-order chi connectivity index (χ0) is 18.4. The smallest absolute Gasteiger partial charge is 0.261 e. The zero-order valence-electron chi connectivity index (χ0n) is 15.6. The molecule has 0 aliphatic rings. The Morgan fingerprint density at radius 2 is 1.56 bits per heavy atom. The van der Waals surface area contributed by atoms with Gasteiger partial charge in [-0.15, -0.1) is 0 Å². The fourth-order valence-corrected chi connectivity index (χ4v) is 2.34. The number of amides is 1. The minimum absolute atomic E-state index is 0.138. The Hall–Kier alpha value is -2.49. The number of benzene rings is 2. The predicted octanol–water partition coefficient (Wildman–Crippen LogP) is 4.17. The van der Waals surface area contributed by atoms with Crippen LogP contribution in [0.5, 0.6) is 11.5 Å². The lowest BCUT2D eigenvalue weighted by Crippen LogP contribution is -2.35. The van der Waals surface area contributed by atoms with Crippen molar-refractivity contribution in [3.05, 3.63) is 59.2 Å². The van der Waals surface area contributed by atoms with E-state index in [4.69, 9.17) is 9.47 Å². The van der Waals surface area contributed by atoms with Crippen LogP contribution in [0.1, 0.15) is 37.5 Å². The van der Waals surface area contributed by atoms with Gasteiger partial charge in [0.05, 0.1) is 6.10 Å². The Morgan fingerprint density at radius 1 is 0.920 bits per heavy atom. The summed E-state index contributed by atoms with van der Waals surface area (Å²) in [5.74, 6) is 1.40. The van der Waals surface area contributed by atoms with E-state index in [-0.39, 0.29) is 12.0 Å². The number of carbonyl (C=O) groups excluding carboxylic acids is 1. The highest BCUT2D eigenvalue weighted by molar-refractivity contribution is 5.80. The third-order valence-electron chi connectivity index (χ3n) is 3.92. The Labute approximate surface area is 150 Å². The van der Waals surface area contributed by atoms with Crippen molar-refractivity contribution in [3.8, 4) is 11.5 Å². The second-order valence-electron chi connectivity index (χ2n) is 6.53. The molecule has 1 N–H and O–H groups in total. The first-order valence-corrected chi connectivity index (χ1v) is 8.62. The normalized spacial score (nSPS) is 11.9. The molecule has 0 saturated carbocycles. The number of hydrogen-bond donors (Lipinski definition) is 1. The third kappa shape index (κ3) is 5.82. The molecule has 4 heteroatoms. The first kappa shape index (κ1) is 18.8. The molecule has 0 aliphatic heterocycles. The van der Waals surface area contributed by atoms with Gasteiger partial charge in [0.15, 0.2) is 6.10 Å². The van der Waals surface area contributed by atoms with Crippen LogP contribution < -0.4 is 14.8 Å². The number of hydrogen-bond acceptors (Lipinski definition) is 3. The summed E-state index contributed by atoms with van der Waals surface area (Å²) in [5, 5.41) is 2.90. The summed E-state index contributed by atoms with van der Waals surface area (Å²) in [7, 11) is 0. The monoisotopic (exact) mass is 341 g/mol. The molecule has 25 heavy (non-hydrogen) atoms. The minimum atomic E-state index is -0.550. The summed E-state index contributed by atoms with van der Waals surface area (Å²) < 4.78 is 11.3. The Bertz CT molecular complexity index is 708. The molecule has 2 aromatic carbocycles. The molecular weight excluding hydrogens is 314 g/mol. The van der Waals surface area contributed by atoms with Crippen LogP contribution in [0.3, 0.4) is 0 Å². The number of rotatable bonds is 7. The molecule has 2 rings (SSSR count). The highest BCUT2D eigenvalue weighted by Gasteiger charge is 2.14. The number of carbonyl (C=O) groups is 1. The van der Waals surface area contributed by atoms with Crippen molar-refractivity contribution in [1.29, 1.82) is 0 Å². The molecule has 2 aromatic rings. The minimum Gasteiger partial charge on any atom is -0.491 e. The van der Waals surface area contributed by atoms with Gasteiger partial charge in [0.1, 0.15) is 11.5 Å². The van der Waals surface area contributed by atoms with Crippen molar-refractivity contribution in [2.24, 2.45) is 0 Å². The number of ether oxygens (including phenoxy) is 2. The maximum Gasteiger partial charge on any atom is 0.261 e. The average molecular weight is 341 g/mol. The molecule has 1 atom stereocenters. The van der Waals surface area contributed by atoms with Crippen LogP contribution in [-0.2, 0) is 11.3 Å². The first-order valence-electron chi connectivity index (χ1n) is 8.62. The Morgan fingerprint density at radius 3 is 2.16 bits per heavy atom. The molecule has 4 nitrogen and oxygen atoms in total. The van der Waals surface area contributed by atoms with Crippen molar-refractivity contribution in [3.63, 3.8) is 0 Å². The van der Waals surface area contributed by atoms with Gasteiger partial charge in [-0.2, -0.15) is 0 Å². The van der Waals surface area contributed by atoms with Crippen LogP contribution >= 0.6 is 0 Å². The second kappa shape index (κ2) is 8.56. The van der Waals surface area contributed by atoms with Crippen LogP contribution in [0.4, 0.5) is 0 Å². The molecule has 0 spiro atoms. The van der Waals surface area contributed by atoms with Crippen LogP contribution in [0, 0.1) is 13.8 Å². The van der Waals surface area contributed by atoms with Gasteiger partial charge in [0.2, 0.25) is 0 Å². The largest absolute Gasteiger partial charge is 0.491 e. The molecular formula is C21H27NO3. The van der Waals surface area contributed by atoms with Crippen molar-refractivity contribution in [2.45, 2.75) is 53.4 Å². The van der Waals surface area contributed by atoms with E-state index >= 15 is 0 Å². The van der Waals surface area contributed by atoms with E-state index in [0.717, 1.165) is 16.9 Å². The lowest BCUT2D eigenvalue weighted by Gasteiger charge is -2.16. The van der Waals surface area contributed by atoms with Gasteiger partial charge >= 0.3 is 0 Å². The van der Waals surface area contributed by atoms with Gasteiger partial charge in [0.25, 0.3) is 5.91 Å². The summed E-state index contributed by atoms with van der Waals surface area (Å²) in [5.41, 5.74) is 3.37. The number of aryl methyl sites for hydroxylation is 2. The maximum atomic E-state index is 12.2. The molecule has 1 amide bonds. The molecule has 134 valence electrons. The van der Waals surface area contributed by atoms with E-state index < -0.39 is 6.10 Å². The van der Waals surface area contributed by atoms with Crippen molar-refractivity contribution in [2.75, 3.05) is 0 Å². The fraction of sp³-hybridized carbons (Fsp3) is 0.381. The van der Waals surface area contributed by atoms with E-state index in [1.165, 1.54) is 5.56 Å². The summed E-state index contributed by atoms with van der Waals surface area (Å²) in [6, 6.07) is 13.6. The standard InChI is InChI=1S/C21H27NO3/c1-14(2)24-19-10-7-18(8-11-19)13-22-21(23)17(5)25-20-9-6-15(3)16(4)12-20/h6-12,14,17H,13H2,1-5H3,(H,22,23)/t17-/m0/s1. The van der Waals surface area contributed by atoms with E-state index in [1.54, 1.807) is 6.92 Å². The molecule has 0 aliphatic carbocycles. The lowest BCUT2D eigenvalue weighted by molar-refractivity contribution is -0.127. The second-order valence-corrected chi connectivity index (χ2v) is 6.53. The fourth-order valence-electron chi connectivity index (χ4n) is 2.34. The summed E-state index contributed by atoms with van der Waals surface area (Å²) in [4.78, 5) is 12.2. The maximum absolute atomic E-state index is 12.2. The van der Waals surface area contributed by atoms with Crippen LogP contribution in [0.25, 0.3) is 0 Å². The van der Waals surface area contributed by atoms with Gasteiger partial charge in [-0.1, -0.05) is 18.2 Å². The van der Waals surface area contributed by atoms with Crippen LogP contribution in [0.15, 0.2) is 42.5 Å². The van der Waals surface area contributed by atoms with Gasteiger partial charge in [0, 0.05) is 6.54 Å². The third-order valence-corrected chi connectivity index (χ3v) is 3.92. The van der Waals surface area contributed by atoms with Gasteiger partial charge in [-0.05, 0) is 75.6 Å². The predicted molar refractivity (Wildman–Crippen MR) is 100 cm³/mol. The number of nitrogens with one attached hydrogen (secondary N) is 1. The van der Waals surface area contributed by atoms with Crippen LogP contribution in [-0.4, -0.2) is 18.1 Å². The molecule has 0 bridgehead atoms. The summed E-state index contributed by atoms with van der Waals surface area (Å²) in [6.07, 6.45) is -0.403. The van der Waals surface area contributed by atoms with E-state index in [0.29, 0.717) is 12.3 Å². The Kier molecular flexibility index (Phi) is 6.45. The molecule has 0 aromatic heterocycles. The van der Waals surface area contributed by atoms with E-state index in [1.807, 2.05) is 70.2 Å². The highest BCUT2D eigenvalue weighted by Crippen LogP contribution is 2.18. The molecule has 0 heterocycles. The Balaban J connectivity index is 1.85. The van der Waals surface area contributed by atoms with E-state index in [2.05, 4.69) is 5.32 Å². The first-order chi connectivity index (χ1) is 11.8. The summed E-state index contributed by atoms with van der Waals surface area (Å²) >= 11 is 0. The van der Waals surface area contributed by atoms with Crippen molar-refractivity contribution in [1.82, 2.24) is 5.32 Å². The molecule has 0 unspecified atom stereocenters. The van der Waals surface area contributed by atoms with Gasteiger partial charge in [-0.3, -0.25) is 4.79 Å². The molecule has 0 fully saturated rings. The highest BCUT2D eigenvalue weighted by atomic mass is 16.5. The quantitative estimate of drug-likeness (QED) is 0.822. The van der Waals surface area contributed by atoms with E-state index in [9.17, 15) is 4.79 Å². The molecule has 0 saturated heterocycles. The van der Waals surface area contributed by atoms with Crippen molar-refractivity contribution < 1.29 is 14.3 Å².